The minimum atomic E-state index is 0.0401. The first kappa shape index (κ1) is 13.5. The van der Waals surface area contributed by atoms with Crippen molar-refractivity contribution in [2.24, 2.45) is 5.92 Å². The van der Waals surface area contributed by atoms with Crippen LogP contribution in [-0.4, -0.2) is 47.7 Å². The van der Waals surface area contributed by atoms with Gasteiger partial charge in [0.25, 0.3) is 0 Å². The fraction of sp³-hybridized carbons (Fsp3) is 0.917. The van der Waals surface area contributed by atoms with E-state index in [-0.39, 0.29) is 18.6 Å². The molecule has 1 aliphatic rings. The molecule has 0 saturated carbocycles. The highest BCUT2D eigenvalue weighted by molar-refractivity contribution is 5.73. The summed E-state index contributed by atoms with van der Waals surface area (Å²) in [5, 5.41) is 12.0. The molecule has 1 rings (SSSR count). The zero-order valence-corrected chi connectivity index (χ0v) is 10.6. The molecule has 0 aromatic carbocycles. The van der Waals surface area contributed by atoms with Crippen LogP contribution in [-0.2, 0) is 4.79 Å². The van der Waals surface area contributed by atoms with Crippen LogP contribution in [0.25, 0.3) is 0 Å². The second-order valence-electron chi connectivity index (χ2n) is 5.06. The van der Waals surface area contributed by atoms with Gasteiger partial charge in [-0.05, 0) is 32.6 Å². The highest BCUT2D eigenvalue weighted by Gasteiger charge is 2.28. The van der Waals surface area contributed by atoms with Crippen LogP contribution in [0.1, 0.15) is 33.6 Å². The van der Waals surface area contributed by atoms with Gasteiger partial charge in [0.05, 0.1) is 0 Å². The summed E-state index contributed by atoms with van der Waals surface area (Å²) in [4.78, 5) is 13.5. The Kier molecular flexibility index (Phi) is 5.22. The summed E-state index contributed by atoms with van der Waals surface area (Å²) in [5.41, 5.74) is 0. The number of hydrogen-bond donors (Lipinski definition) is 2. The van der Waals surface area contributed by atoms with E-state index in [2.05, 4.69) is 24.1 Å². The van der Waals surface area contributed by atoms with Gasteiger partial charge in [0.1, 0.15) is 0 Å². The third-order valence-electron chi connectivity index (χ3n) is 3.24. The van der Waals surface area contributed by atoms with E-state index in [1.165, 1.54) is 0 Å². The number of carbonyl (C=O) groups is 1. The summed E-state index contributed by atoms with van der Waals surface area (Å²) in [6.45, 7) is 8.12. The second kappa shape index (κ2) is 6.21. The molecule has 16 heavy (non-hydrogen) atoms. The molecule has 2 atom stereocenters. The average Bonchev–Trinajstić information content (AvgIpc) is 2.16. The number of aliphatic hydroxyl groups excluding tert-OH is 1. The number of carbonyl (C=O) groups excluding carboxylic acids is 1. The molecule has 1 aliphatic heterocycles. The van der Waals surface area contributed by atoms with Crippen LogP contribution in [0.3, 0.4) is 0 Å². The van der Waals surface area contributed by atoms with Crippen LogP contribution in [0.5, 0.6) is 0 Å². The molecular weight excluding hydrogens is 204 g/mol. The smallest absolute Gasteiger partial charge is 0.217 e. The van der Waals surface area contributed by atoms with Gasteiger partial charge in [-0.1, -0.05) is 0 Å². The van der Waals surface area contributed by atoms with Crippen LogP contribution in [0, 0.1) is 5.92 Å². The molecule has 0 radical (unpaired) electrons. The second-order valence-corrected chi connectivity index (χ2v) is 5.06. The molecule has 94 valence electrons. The third kappa shape index (κ3) is 4.10. The van der Waals surface area contributed by atoms with Crippen LogP contribution < -0.4 is 5.32 Å². The molecule has 0 aromatic heterocycles. The third-order valence-corrected chi connectivity index (χ3v) is 3.24. The number of hydrogen-bond acceptors (Lipinski definition) is 3. The van der Waals surface area contributed by atoms with Crippen molar-refractivity contribution >= 4 is 5.91 Å². The normalized spacial score (nSPS) is 27.1. The zero-order valence-electron chi connectivity index (χ0n) is 10.6. The van der Waals surface area contributed by atoms with Crippen LogP contribution in [0.4, 0.5) is 0 Å². The van der Waals surface area contributed by atoms with E-state index in [1.807, 2.05) is 0 Å². The number of aliphatic hydroxyl groups is 1. The van der Waals surface area contributed by atoms with Crippen molar-refractivity contribution in [3.05, 3.63) is 0 Å². The molecule has 2 unspecified atom stereocenters. The topological polar surface area (TPSA) is 52.6 Å². The Hall–Kier alpha value is -0.610. The first-order chi connectivity index (χ1) is 7.52. The number of likely N-dealkylation sites (tertiary alicyclic amines) is 1. The average molecular weight is 228 g/mol. The van der Waals surface area contributed by atoms with Crippen LogP contribution in [0.2, 0.25) is 0 Å². The monoisotopic (exact) mass is 228 g/mol. The number of nitrogens with zero attached hydrogens (tertiary/aromatic N) is 1. The maximum absolute atomic E-state index is 11.1. The molecule has 0 aliphatic carbocycles. The van der Waals surface area contributed by atoms with Crippen molar-refractivity contribution in [1.82, 2.24) is 10.2 Å². The van der Waals surface area contributed by atoms with E-state index in [9.17, 15) is 4.79 Å². The lowest BCUT2D eigenvalue weighted by atomic mass is 9.91. The molecule has 0 bridgehead atoms. The van der Waals surface area contributed by atoms with E-state index in [1.54, 1.807) is 6.92 Å². The molecule has 2 N–H and O–H groups in total. The van der Waals surface area contributed by atoms with Gasteiger partial charge in [-0.25, -0.2) is 0 Å². The first-order valence-corrected chi connectivity index (χ1v) is 6.15. The van der Waals surface area contributed by atoms with Crippen molar-refractivity contribution in [3.8, 4) is 0 Å². The zero-order chi connectivity index (χ0) is 12.1. The predicted molar refractivity (Wildman–Crippen MR) is 64.1 cm³/mol. The fourth-order valence-corrected chi connectivity index (χ4v) is 2.45. The Morgan fingerprint density at radius 3 is 2.69 bits per heavy atom. The molecule has 1 heterocycles. The highest BCUT2D eigenvalue weighted by Crippen LogP contribution is 2.21. The van der Waals surface area contributed by atoms with E-state index in [4.69, 9.17) is 5.11 Å². The molecule has 1 amide bonds. The van der Waals surface area contributed by atoms with Gasteiger partial charge in [0.15, 0.2) is 0 Å². The minimum Gasteiger partial charge on any atom is -0.396 e. The Labute approximate surface area is 98.0 Å². The van der Waals surface area contributed by atoms with E-state index >= 15 is 0 Å². The summed E-state index contributed by atoms with van der Waals surface area (Å²) < 4.78 is 0. The van der Waals surface area contributed by atoms with Crippen molar-refractivity contribution < 1.29 is 9.90 Å². The van der Waals surface area contributed by atoms with Crippen molar-refractivity contribution in [2.45, 2.75) is 45.7 Å². The van der Waals surface area contributed by atoms with Gasteiger partial charge in [-0.2, -0.15) is 0 Å². The Morgan fingerprint density at radius 2 is 2.19 bits per heavy atom. The van der Waals surface area contributed by atoms with Gasteiger partial charge in [0, 0.05) is 38.7 Å². The molecular formula is C12H24N2O2. The largest absolute Gasteiger partial charge is 0.396 e. The van der Waals surface area contributed by atoms with Gasteiger partial charge >= 0.3 is 0 Å². The van der Waals surface area contributed by atoms with E-state index < -0.39 is 0 Å². The summed E-state index contributed by atoms with van der Waals surface area (Å²) in [6.07, 6.45) is 1.82. The fourth-order valence-electron chi connectivity index (χ4n) is 2.45. The highest BCUT2D eigenvalue weighted by atomic mass is 16.3. The molecule has 4 nitrogen and oxygen atoms in total. The number of rotatable bonds is 4. The van der Waals surface area contributed by atoms with Crippen molar-refractivity contribution in [3.63, 3.8) is 0 Å². The summed E-state index contributed by atoms with van der Waals surface area (Å²) in [5.74, 6) is 0.538. The van der Waals surface area contributed by atoms with Crippen LogP contribution >= 0.6 is 0 Å². The number of amides is 1. The number of nitrogens with one attached hydrogen (secondary N) is 1. The maximum Gasteiger partial charge on any atom is 0.217 e. The molecule has 0 spiro atoms. The van der Waals surface area contributed by atoms with Gasteiger partial charge in [-0.3, -0.25) is 9.69 Å². The summed E-state index contributed by atoms with van der Waals surface area (Å²) in [6, 6.07) is 0.739. The van der Waals surface area contributed by atoms with E-state index in [0.29, 0.717) is 12.0 Å². The minimum absolute atomic E-state index is 0.0401. The Bertz CT molecular complexity index is 231. The quantitative estimate of drug-likeness (QED) is 0.741. The maximum atomic E-state index is 11.1. The lowest BCUT2D eigenvalue weighted by Crippen LogP contribution is -2.52. The van der Waals surface area contributed by atoms with E-state index in [0.717, 1.165) is 25.9 Å². The van der Waals surface area contributed by atoms with Gasteiger partial charge < -0.3 is 10.4 Å². The van der Waals surface area contributed by atoms with Crippen molar-refractivity contribution in [1.29, 1.82) is 0 Å². The van der Waals surface area contributed by atoms with Crippen molar-refractivity contribution in [2.75, 3.05) is 19.7 Å². The lowest BCUT2D eigenvalue weighted by molar-refractivity contribution is -0.120. The van der Waals surface area contributed by atoms with Gasteiger partial charge in [-0.15, -0.1) is 0 Å². The van der Waals surface area contributed by atoms with Gasteiger partial charge in [0.2, 0.25) is 5.91 Å². The lowest BCUT2D eigenvalue weighted by Gasteiger charge is -2.40. The molecule has 4 heteroatoms. The summed E-state index contributed by atoms with van der Waals surface area (Å²) in [7, 11) is 0. The Morgan fingerprint density at radius 1 is 1.50 bits per heavy atom. The molecule has 0 aromatic rings. The number of piperidine rings is 1. The molecule has 1 saturated heterocycles. The Balaban J connectivity index is 2.55. The first-order valence-electron chi connectivity index (χ1n) is 6.15. The SMILES string of the molecule is CC(=O)NC1CC(CCO)CN(C(C)C)C1. The standard InChI is InChI=1S/C12H24N2O2/c1-9(2)14-7-11(4-5-15)6-12(8-14)13-10(3)16/h9,11-12,15H,4-8H2,1-3H3,(H,13,16). The summed E-state index contributed by atoms with van der Waals surface area (Å²) >= 11 is 0. The predicted octanol–water partition coefficient (Wildman–Crippen LogP) is 0.604. The van der Waals surface area contributed by atoms with Crippen LogP contribution in [0.15, 0.2) is 0 Å². The molecule has 1 fully saturated rings.